The van der Waals surface area contributed by atoms with E-state index in [1.165, 1.54) is 18.3 Å². The number of hydrogen-bond acceptors (Lipinski definition) is 3. The molecule has 0 saturated heterocycles. The molecule has 1 aliphatic heterocycles. The minimum atomic E-state index is -0.956. The number of aromatic nitrogens is 1. The van der Waals surface area contributed by atoms with Crippen molar-refractivity contribution in [2.75, 3.05) is 0 Å². The molecule has 0 fully saturated rings. The number of fused-ring (bicyclic) bond motifs is 1. The van der Waals surface area contributed by atoms with Crippen molar-refractivity contribution in [1.82, 2.24) is 4.98 Å². The lowest BCUT2D eigenvalue weighted by atomic mass is 10.2. The van der Waals surface area contributed by atoms with Crippen molar-refractivity contribution < 1.29 is 15.0 Å². The number of quaternary nitrogens is 1. The standard InChI is InChI=1S/C7H5ClO2.C7H6N2O/c8-6-3-1-2-5(4-6)7(9)10;10-9-5-3-6-2-1-4-8-7(6)9/h1-4H,(H,9,10);1-5,9H. The fourth-order valence-electron chi connectivity index (χ4n) is 1.62. The summed E-state index contributed by atoms with van der Waals surface area (Å²) in [4.78, 5) is 14.2. The highest BCUT2D eigenvalue weighted by atomic mass is 35.5. The van der Waals surface area contributed by atoms with Crippen molar-refractivity contribution in [3.8, 4) is 0 Å². The first-order valence-electron chi connectivity index (χ1n) is 5.74. The zero-order valence-corrected chi connectivity index (χ0v) is 11.0. The van der Waals surface area contributed by atoms with Crippen LogP contribution in [-0.4, -0.2) is 16.1 Å². The Balaban J connectivity index is 0.000000147. The second-order valence-electron chi connectivity index (χ2n) is 3.95. The maximum absolute atomic E-state index is 10.9. The molecule has 0 amide bonds. The third-order valence-electron chi connectivity index (χ3n) is 2.56. The first-order valence-corrected chi connectivity index (χ1v) is 6.12. The summed E-state index contributed by atoms with van der Waals surface area (Å²) >= 11 is 5.53. The van der Waals surface area contributed by atoms with Gasteiger partial charge in [-0.15, -0.1) is 0 Å². The van der Waals surface area contributed by atoms with Crippen LogP contribution in [0.1, 0.15) is 15.9 Å². The monoisotopic (exact) mass is 290 g/mol. The number of halogens is 1. The molecule has 1 atom stereocenters. The van der Waals surface area contributed by atoms with Gasteiger partial charge in [-0.1, -0.05) is 17.7 Å². The molecule has 0 radical (unpaired) electrons. The molecule has 1 aromatic carbocycles. The lowest BCUT2D eigenvalue weighted by molar-refractivity contribution is -0.713. The maximum Gasteiger partial charge on any atom is 0.335 e. The van der Waals surface area contributed by atoms with Crippen LogP contribution in [0, 0.1) is 5.21 Å². The summed E-state index contributed by atoms with van der Waals surface area (Å²) in [6.07, 6.45) is 4.95. The summed E-state index contributed by atoms with van der Waals surface area (Å²) in [6, 6.07) is 9.84. The first-order chi connectivity index (χ1) is 9.58. The third kappa shape index (κ3) is 3.42. The topological polar surface area (TPSA) is 77.7 Å². The van der Waals surface area contributed by atoms with Crippen molar-refractivity contribution in [3.63, 3.8) is 0 Å². The number of rotatable bonds is 1. The van der Waals surface area contributed by atoms with E-state index in [1.807, 2.05) is 12.1 Å². The van der Waals surface area contributed by atoms with E-state index in [9.17, 15) is 10.0 Å². The average molecular weight is 291 g/mol. The number of pyridine rings is 1. The Labute approximate surface area is 120 Å². The molecule has 2 aromatic rings. The molecule has 2 N–H and O–H groups in total. The second-order valence-corrected chi connectivity index (χ2v) is 4.39. The minimum Gasteiger partial charge on any atom is -0.623 e. The number of nitrogens with zero attached hydrogens (tertiary/aromatic N) is 1. The summed E-state index contributed by atoms with van der Waals surface area (Å²) in [6.45, 7) is 0. The van der Waals surface area contributed by atoms with Gasteiger partial charge in [0, 0.05) is 17.3 Å². The highest BCUT2D eigenvalue weighted by molar-refractivity contribution is 6.30. The van der Waals surface area contributed by atoms with Crippen LogP contribution in [-0.2, 0) is 0 Å². The van der Waals surface area contributed by atoms with Crippen LogP contribution >= 0.6 is 11.6 Å². The molecule has 20 heavy (non-hydrogen) atoms. The van der Waals surface area contributed by atoms with Crippen LogP contribution in [0.15, 0.2) is 48.8 Å². The van der Waals surface area contributed by atoms with Gasteiger partial charge in [0.05, 0.1) is 11.1 Å². The predicted octanol–water partition coefficient (Wildman–Crippen LogP) is 2.12. The SMILES string of the molecule is O=C(O)c1cccc(Cl)c1.[O-][NH+]1C=Cc2cccnc21. The highest BCUT2D eigenvalue weighted by Crippen LogP contribution is 2.12. The molecular weight excluding hydrogens is 280 g/mol. The maximum atomic E-state index is 10.9. The van der Waals surface area contributed by atoms with E-state index in [1.54, 1.807) is 24.4 Å². The summed E-state index contributed by atoms with van der Waals surface area (Å²) in [7, 11) is 0. The highest BCUT2D eigenvalue weighted by Gasteiger charge is 2.12. The van der Waals surface area contributed by atoms with Gasteiger partial charge in [0.2, 0.25) is 5.82 Å². The fourth-order valence-corrected chi connectivity index (χ4v) is 1.81. The van der Waals surface area contributed by atoms with Crippen LogP contribution < -0.4 is 5.06 Å². The average Bonchev–Trinajstić information content (AvgIpc) is 2.82. The number of nitrogens with one attached hydrogen (secondary N) is 1. The number of carboxylic acids is 1. The number of aromatic carboxylic acids is 1. The van der Waals surface area contributed by atoms with Gasteiger partial charge in [0.1, 0.15) is 6.20 Å². The number of carbonyl (C=O) groups is 1. The predicted molar refractivity (Wildman–Crippen MR) is 75.7 cm³/mol. The summed E-state index contributed by atoms with van der Waals surface area (Å²) in [5.74, 6) is -0.384. The fraction of sp³-hybridized carbons (Fsp3) is 0. The lowest BCUT2D eigenvalue weighted by Gasteiger charge is -2.10. The van der Waals surface area contributed by atoms with Crippen LogP contribution in [0.3, 0.4) is 0 Å². The Bertz CT molecular complexity index is 658. The number of hydrogen-bond donors (Lipinski definition) is 2. The molecule has 6 heteroatoms. The zero-order chi connectivity index (χ0) is 14.5. The van der Waals surface area contributed by atoms with Crippen LogP contribution in [0.2, 0.25) is 5.02 Å². The Morgan fingerprint density at radius 2 is 2.10 bits per heavy atom. The molecule has 0 bridgehead atoms. The number of benzene rings is 1. The molecule has 5 nitrogen and oxygen atoms in total. The van der Waals surface area contributed by atoms with E-state index in [-0.39, 0.29) is 10.6 Å². The molecule has 1 unspecified atom stereocenters. The van der Waals surface area contributed by atoms with Gasteiger partial charge in [0.15, 0.2) is 0 Å². The van der Waals surface area contributed by atoms with Crippen molar-refractivity contribution in [1.29, 1.82) is 0 Å². The van der Waals surface area contributed by atoms with E-state index in [0.29, 0.717) is 10.8 Å². The lowest BCUT2D eigenvalue weighted by Crippen LogP contribution is -2.96. The Hall–Kier alpha value is -2.21. The van der Waals surface area contributed by atoms with Gasteiger partial charge in [-0.3, -0.25) is 5.06 Å². The van der Waals surface area contributed by atoms with E-state index in [0.717, 1.165) is 5.56 Å². The van der Waals surface area contributed by atoms with E-state index < -0.39 is 5.97 Å². The number of carboxylic acid groups (broad SMARTS) is 1. The number of hydroxylamine groups is 1. The van der Waals surface area contributed by atoms with Gasteiger partial charge >= 0.3 is 5.97 Å². The van der Waals surface area contributed by atoms with E-state index in [2.05, 4.69) is 4.98 Å². The molecule has 0 saturated carbocycles. The smallest absolute Gasteiger partial charge is 0.335 e. The molecule has 0 spiro atoms. The molecule has 3 rings (SSSR count). The largest absolute Gasteiger partial charge is 0.623 e. The van der Waals surface area contributed by atoms with Gasteiger partial charge in [-0.25, -0.2) is 9.78 Å². The first kappa shape index (κ1) is 14.2. The summed E-state index contributed by atoms with van der Waals surface area (Å²) in [5.41, 5.74) is 1.14. The molecule has 1 aliphatic rings. The van der Waals surface area contributed by atoms with Crippen molar-refractivity contribution in [2.24, 2.45) is 0 Å². The molecule has 1 aromatic heterocycles. The molecule has 102 valence electrons. The van der Waals surface area contributed by atoms with Crippen LogP contribution in [0.5, 0.6) is 0 Å². The normalized spacial score (nSPS) is 15.2. The summed E-state index contributed by atoms with van der Waals surface area (Å²) in [5, 5.41) is 19.8. The molecule has 2 heterocycles. The van der Waals surface area contributed by atoms with Gasteiger partial charge < -0.3 is 10.3 Å². The van der Waals surface area contributed by atoms with Crippen molar-refractivity contribution in [3.05, 3.63) is 70.2 Å². The van der Waals surface area contributed by atoms with Crippen LogP contribution in [0.25, 0.3) is 6.08 Å². The Morgan fingerprint density at radius 1 is 1.30 bits per heavy atom. The summed E-state index contributed by atoms with van der Waals surface area (Å²) < 4.78 is 0. The Kier molecular flexibility index (Phi) is 4.47. The van der Waals surface area contributed by atoms with Crippen LogP contribution in [0.4, 0.5) is 5.82 Å². The van der Waals surface area contributed by atoms with Crippen molar-refractivity contribution >= 4 is 29.5 Å². The van der Waals surface area contributed by atoms with Gasteiger partial charge in [-0.05, 0) is 30.3 Å². The molecular formula is C14H11ClN2O3. The van der Waals surface area contributed by atoms with E-state index >= 15 is 0 Å². The second kappa shape index (κ2) is 6.29. The minimum absolute atomic E-state index is 0.00981. The van der Waals surface area contributed by atoms with Gasteiger partial charge in [-0.2, -0.15) is 0 Å². The van der Waals surface area contributed by atoms with Crippen molar-refractivity contribution in [2.45, 2.75) is 0 Å². The quantitative estimate of drug-likeness (QED) is 0.789. The van der Waals surface area contributed by atoms with Gasteiger partial charge in [0.25, 0.3) is 0 Å². The zero-order valence-electron chi connectivity index (χ0n) is 10.3. The Morgan fingerprint density at radius 3 is 2.70 bits per heavy atom. The molecule has 0 aliphatic carbocycles. The van der Waals surface area contributed by atoms with E-state index in [4.69, 9.17) is 16.7 Å². The third-order valence-corrected chi connectivity index (χ3v) is 2.79.